The van der Waals surface area contributed by atoms with Gasteiger partial charge in [0.1, 0.15) is 0 Å². The second-order valence-electron chi connectivity index (χ2n) is 4.62. The number of aromatic nitrogens is 3. The van der Waals surface area contributed by atoms with E-state index >= 15 is 0 Å². The maximum atomic E-state index is 4.18. The minimum absolute atomic E-state index is 0. The molecule has 1 aromatic heterocycles. The van der Waals surface area contributed by atoms with Gasteiger partial charge in [0, 0.05) is 46.2 Å². The van der Waals surface area contributed by atoms with Gasteiger partial charge in [-0.15, -0.1) is 22.4 Å². The minimum Gasteiger partial charge on any atom is -0.240 e. The Morgan fingerprint density at radius 1 is 1.09 bits per heavy atom. The van der Waals surface area contributed by atoms with Gasteiger partial charge in [-0.2, -0.15) is 42.0 Å². The molecule has 3 aromatic rings. The molecule has 0 aliphatic heterocycles. The molecule has 5 heteroatoms. The van der Waals surface area contributed by atoms with E-state index < -0.39 is 0 Å². The Balaban J connectivity index is 0.00000121. The summed E-state index contributed by atoms with van der Waals surface area (Å²) in [5.41, 5.74) is 5.17. The normalized spacial score (nSPS) is 9.55. The molecule has 0 aliphatic carbocycles. The molecule has 2 aromatic carbocycles. The molecule has 0 saturated carbocycles. The number of nitrogens with zero attached hydrogens (tertiary/aromatic N) is 3. The molecule has 0 aliphatic rings. The minimum atomic E-state index is 0. The van der Waals surface area contributed by atoms with Crippen LogP contribution >= 0.6 is 0 Å². The summed E-state index contributed by atoms with van der Waals surface area (Å²) < 4.78 is 1.81. The SMILES string of the molecule is Cc1ccc(-c2[c-]cccc2)[c-]c1-c1cncn[n+]1C.[B].[Y]. The first-order chi connectivity index (χ1) is 9.75. The molecule has 0 unspecified atom stereocenters. The third-order valence-electron chi connectivity index (χ3n) is 3.25. The molecular weight excluding hydrogens is 346 g/mol. The first-order valence-corrected chi connectivity index (χ1v) is 6.42. The van der Waals surface area contributed by atoms with Crippen molar-refractivity contribution in [2.24, 2.45) is 7.05 Å². The number of aryl methyl sites for hydroxylation is 2. The van der Waals surface area contributed by atoms with Crippen molar-refractivity contribution < 1.29 is 37.4 Å². The fourth-order valence-corrected chi connectivity index (χ4v) is 2.13. The van der Waals surface area contributed by atoms with E-state index in [9.17, 15) is 0 Å². The molecule has 3 nitrogen and oxygen atoms in total. The number of hydrogen-bond acceptors (Lipinski definition) is 2. The van der Waals surface area contributed by atoms with Crippen LogP contribution in [0.3, 0.4) is 0 Å². The van der Waals surface area contributed by atoms with E-state index in [0.29, 0.717) is 0 Å². The molecule has 0 N–H and O–H groups in total. The quantitative estimate of drug-likeness (QED) is 0.398. The summed E-state index contributed by atoms with van der Waals surface area (Å²) in [7, 11) is 1.91. The van der Waals surface area contributed by atoms with Gasteiger partial charge in [0.05, 0.1) is 6.20 Å². The summed E-state index contributed by atoms with van der Waals surface area (Å²) in [5, 5.41) is 4.18. The summed E-state index contributed by atoms with van der Waals surface area (Å²) in [6.45, 7) is 2.07. The van der Waals surface area contributed by atoms with E-state index in [-0.39, 0.29) is 41.1 Å². The Labute approximate surface area is 158 Å². The van der Waals surface area contributed by atoms with Crippen molar-refractivity contribution in [1.29, 1.82) is 0 Å². The van der Waals surface area contributed by atoms with Crippen molar-refractivity contribution >= 4 is 8.41 Å². The van der Waals surface area contributed by atoms with Crippen LogP contribution in [0.2, 0.25) is 0 Å². The largest absolute Gasteiger partial charge is 0.240 e. The van der Waals surface area contributed by atoms with Crippen molar-refractivity contribution in [2.45, 2.75) is 6.92 Å². The van der Waals surface area contributed by atoms with Crippen LogP contribution in [-0.2, 0) is 39.8 Å². The van der Waals surface area contributed by atoms with Gasteiger partial charge in [-0.25, -0.2) is 10.5 Å². The van der Waals surface area contributed by atoms with E-state index in [1.165, 1.54) is 6.33 Å². The summed E-state index contributed by atoms with van der Waals surface area (Å²) in [5.74, 6) is 0. The zero-order chi connectivity index (χ0) is 13.9. The van der Waals surface area contributed by atoms with Gasteiger partial charge in [0.25, 0.3) is 0 Å². The van der Waals surface area contributed by atoms with Gasteiger partial charge in [-0.3, -0.25) is 0 Å². The predicted octanol–water partition coefficient (Wildman–Crippen LogP) is 2.16. The fourth-order valence-electron chi connectivity index (χ4n) is 2.13. The van der Waals surface area contributed by atoms with E-state index in [1.807, 2.05) is 42.2 Å². The molecule has 0 saturated heterocycles. The van der Waals surface area contributed by atoms with Gasteiger partial charge < -0.3 is 0 Å². The van der Waals surface area contributed by atoms with E-state index in [1.54, 1.807) is 0 Å². The summed E-state index contributed by atoms with van der Waals surface area (Å²) >= 11 is 0. The maximum Gasteiger partial charge on any atom is 0.193 e. The summed E-state index contributed by atoms with van der Waals surface area (Å²) in [6.07, 6.45) is 3.35. The molecule has 0 fully saturated rings. The van der Waals surface area contributed by atoms with Crippen molar-refractivity contribution in [3.8, 4) is 22.4 Å². The Bertz CT molecular complexity index is 748. The van der Waals surface area contributed by atoms with Crippen LogP contribution < -0.4 is 4.68 Å². The molecule has 4 radical (unpaired) electrons. The van der Waals surface area contributed by atoms with E-state index in [4.69, 9.17) is 0 Å². The van der Waals surface area contributed by atoms with E-state index in [0.717, 1.165) is 27.9 Å². The van der Waals surface area contributed by atoms with Gasteiger partial charge in [-0.1, -0.05) is 12.5 Å². The van der Waals surface area contributed by atoms with Crippen molar-refractivity contribution in [3.63, 3.8) is 0 Å². The van der Waals surface area contributed by atoms with Crippen LogP contribution in [0, 0.1) is 19.1 Å². The number of benzene rings is 2. The number of rotatable bonds is 2. The topological polar surface area (TPSA) is 29.7 Å². The third-order valence-corrected chi connectivity index (χ3v) is 3.25. The molecule has 0 spiro atoms. The molecule has 1 heterocycles. The van der Waals surface area contributed by atoms with Crippen molar-refractivity contribution in [2.75, 3.05) is 0 Å². The predicted molar refractivity (Wildman–Crippen MR) is 82.2 cm³/mol. The molecule has 22 heavy (non-hydrogen) atoms. The van der Waals surface area contributed by atoms with Gasteiger partial charge >= 0.3 is 0 Å². The summed E-state index contributed by atoms with van der Waals surface area (Å²) in [6, 6.07) is 18.8. The molecule has 0 amide bonds. The van der Waals surface area contributed by atoms with Crippen LogP contribution in [-0.4, -0.2) is 18.5 Å². The Kier molecular flexibility index (Phi) is 7.05. The van der Waals surface area contributed by atoms with Crippen LogP contribution in [0.15, 0.2) is 48.9 Å². The van der Waals surface area contributed by atoms with Gasteiger partial charge in [0.15, 0.2) is 19.1 Å². The summed E-state index contributed by atoms with van der Waals surface area (Å²) in [4.78, 5) is 4.11. The zero-order valence-electron chi connectivity index (χ0n) is 12.6. The molecule has 104 valence electrons. The third kappa shape index (κ3) is 3.88. The molecule has 3 rings (SSSR count). The first kappa shape index (κ1) is 18.7. The Hall–Kier alpha value is -1.38. The van der Waals surface area contributed by atoms with Crippen LogP contribution in [0.5, 0.6) is 0 Å². The molecule has 0 atom stereocenters. The average Bonchev–Trinajstić information content (AvgIpc) is 2.49. The number of hydrogen-bond donors (Lipinski definition) is 0. The van der Waals surface area contributed by atoms with Crippen LogP contribution in [0.25, 0.3) is 22.4 Å². The van der Waals surface area contributed by atoms with Crippen LogP contribution in [0.1, 0.15) is 5.56 Å². The Morgan fingerprint density at radius 2 is 1.91 bits per heavy atom. The zero-order valence-corrected chi connectivity index (χ0v) is 15.5. The monoisotopic (exact) mass is 360 g/mol. The second kappa shape index (κ2) is 8.30. The van der Waals surface area contributed by atoms with Gasteiger partial charge in [0.2, 0.25) is 0 Å². The second-order valence-corrected chi connectivity index (χ2v) is 4.62. The van der Waals surface area contributed by atoms with E-state index in [2.05, 4.69) is 41.3 Å². The smallest absolute Gasteiger partial charge is 0.193 e. The van der Waals surface area contributed by atoms with Crippen molar-refractivity contribution in [1.82, 2.24) is 10.1 Å². The average molecular weight is 360 g/mol. The molecular formula is C17H14BN3Y-. The van der Waals surface area contributed by atoms with Gasteiger partial charge in [-0.05, 0) is 0 Å². The fraction of sp³-hybridized carbons (Fsp3) is 0.118. The molecule has 0 bridgehead atoms. The van der Waals surface area contributed by atoms with Crippen molar-refractivity contribution in [3.05, 3.63) is 66.6 Å². The first-order valence-electron chi connectivity index (χ1n) is 6.42. The van der Waals surface area contributed by atoms with Crippen LogP contribution in [0.4, 0.5) is 0 Å². The Morgan fingerprint density at radius 3 is 2.59 bits per heavy atom. The standard InChI is InChI=1S/C17H14N3.B.Y/c1-13-8-9-15(14-6-4-3-5-7-14)10-16(13)17-11-18-12-19-20(17)2;;/h3-6,8-9,11-12H,1-2H3;;/q-1;;. The maximum absolute atomic E-state index is 4.18.